The van der Waals surface area contributed by atoms with Gasteiger partial charge in [0.2, 0.25) is 0 Å². The summed E-state index contributed by atoms with van der Waals surface area (Å²) in [7, 11) is 0. The van der Waals surface area contributed by atoms with Crippen molar-refractivity contribution in [3.05, 3.63) is 29.8 Å². The lowest BCUT2D eigenvalue weighted by atomic mass is 10.0. The molecule has 1 unspecified atom stereocenters. The van der Waals surface area contributed by atoms with Crippen LogP contribution in [0.3, 0.4) is 0 Å². The highest BCUT2D eigenvalue weighted by molar-refractivity contribution is 5.28. The lowest BCUT2D eigenvalue weighted by Gasteiger charge is -2.22. The van der Waals surface area contributed by atoms with Gasteiger partial charge in [0, 0.05) is 13.2 Å². The fraction of sp³-hybridized carbons (Fsp3) is 0.571. The molecule has 1 aliphatic heterocycles. The van der Waals surface area contributed by atoms with E-state index in [9.17, 15) is 5.11 Å². The van der Waals surface area contributed by atoms with Gasteiger partial charge in [-0.25, -0.2) is 0 Å². The molecule has 1 aromatic rings. The summed E-state index contributed by atoms with van der Waals surface area (Å²) in [6.07, 6.45) is 1.76. The Balaban J connectivity index is 1.82. The Morgan fingerprint density at radius 1 is 1.29 bits per heavy atom. The molecular formula is C14H20O3. The fourth-order valence-electron chi connectivity index (χ4n) is 1.97. The molecule has 1 N–H and O–H groups in total. The molecular weight excluding hydrogens is 216 g/mol. The summed E-state index contributed by atoms with van der Waals surface area (Å²) in [5.74, 6) is 1.49. The number of rotatable bonds is 4. The van der Waals surface area contributed by atoms with E-state index in [1.807, 2.05) is 24.3 Å². The third-order valence-electron chi connectivity index (χ3n) is 3.19. The van der Waals surface area contributed by atoms with E-state index < -0.39 is 6.10 Å². The molecule has 2 rings (SSSR count). The molecule has 1 aromatic carbocycles. The molecule has 3 nitrogen and oxygen atoms in total. The standard InChI is InChI=1S/C14H20O3/c1-11(15)13-2-4-14(5-3-13)17-10-12-6-8-16-9-7-12/h2-5,11-12,15H,6-10H2,1H3. The highest BCUT2D eigenvalue weighted by Crippen LogP contribution is 2.20. The van der Waals surface area contributed by atoms with Gasteiger partial charge in [0.15, 0.2) is 0 Å². The molecule has 0 aromatic heterocycles. The van der Waals surface area contributed by atoms with Crippen LogP contribution in [-0.2, 0) is 4.74 Å². The summed E-state index contributed by atoms with van der Waals surface area (Å²) in [5, 5.41) is 9.39. The van der Waals surface area contributed by atoms with E-state index in [1.165, 1.54) is 0 Å². The average Bonchev–Trinajstić information content (AvgIpc) is 2.38. The minimum Gasteiger partial charge on any atom is -0.493 e. The van der Waals surface area contributed by atoms with Crippen LogP contribution in [0, 0.1) is 5.92 Å². The van der Waals surface area contributed by atoms with Gasteiger partial charge >= 0.3 is 0 Å². The number of hydrogen-bond acceptors (Lipinski definition) is 3. The number of ether oxygens (including phenoxy) is 2. The molecule has 3 heteroatoms. The molecule has 1 fully saturated rings. The molecule has 17 heavy (non-hydrogen) atoms. The van der Waals surface area contributed by atoms with Crippen molar-refractivity contribution in [3.63, 3.8) is 0 Å². The van der Waals surface area contributed by atoms with E-state index in [0.29, 0.717) is 5.92 Å². The normalized spacial score (nSPS) is 18.9. The molecule has 0 radical (unpaired) electrons. The van der Waals surface area contributed by atoms with Crippen molar-refractivity contribution in [2.24, 2.45) is 5.92 Å². The molecule has 0 bridgehead atoms. The van der Waals surface area contributed by atoms with Crippen molar-refractivity contribution in [1.29, 1.82) is 0 Å². The summed E-state index contributed by atoms with van der Waals surface area (Å²) < 4.78 is 11.1. The molecule has 1 heterocycles. The third kappa shape index (κ3) is 3.72. The van der Waals surface area contributed by atoms with E-state index in [-0.39, 0.29) is 0 Å². The van der Waals surface area contributed by atoms with Crippen LogP contribution in [0.2, 0.25) is 0 Å². The van der Waals surface area contributed by atoms with Crippen molar-refractivity contribution >= 4 is 0 Å². The van der Waals surface area contributed by atoms with Gasteiger partial charge in [0.1, 0.15) is 5.75 Å². The number of benzene rings is 1. The van der Waals surface area contributed by atoms with E-state index in [2.05, 4.69) is 0 Å². The summed E-state index contributed by atoms with van der Waals surface area (Å²) in [4.78, 5) is 0. The van der Waals surface area contributed by atoms with Crippen molar-refractivity contribution in [2.45, 2.75) is 25.9 Å². The van der Waals surface area contributed by atoms with Crippen LogP contribution < -0.4 is 4.74 Å². The minimum absolute atomic E-state index is 0.417. The SMILES string of the molecule is CC(O)c1ccc(OCC2CCOCC2)cc1. The monoisotopic (exact) mass is 236 g/mol. The first kappa shape index (κ1) is 12.4. The summed E-state index contributed by atoms with van der Waals surface area (Å²) in [6.45, 7) is 4.24. The van der Waals surface area contributed by atoms with Crippen LogP contribution in [0.25, 0.3) is 0 Å². The lowest BCUT2D eigenvalue weighted by molar-refractivity contribution is 0.0497. The maximum atomic E-state index is 9.39. The quantitative estimate of drug-likeness (QED) is 0.873. The summed E-state index contributed by atoms with van der Waals surface area (Å²) in [5.41, 5.74) is 0.920. The predicted octanol–water partition coefficient (Wildman–Crippen LogP) is 2.55. The fourth-order valence-corrected chi connectivity index (χ4v) is 1.97. The topological polar surface area (TPSA) is 38.7 Å². The Morgan fingerprint density at radius 3 is 2.53 bits per heavy atom. The van der Waals surface area contributed by atoms with Gasteiger partial charge in [0.25, 0.3) is 0 Å². The maximum absolute atomic E-state index is 9.39. The van der Waals surface area contributed by atoms with Crippen LogP contribution in [0.1, 0.15) is 31.4 Å². The molecule has 0 aliphatic carbocycles. The number of aliphatic hydroxyl groups excluding tert-OH is 1. The molecule has 0 saturated carbocycles. The van der Waals surface area contributed by atoms with Gasteiger partial charge in [-0.2, -0.15) is 0 Å². The second-order valence-electron chi connectivity index (χ2n) is 4.61. The first-order valence-electron chi connectivity index (χ1n) is 6.24. The zero-order valence-corrected chi connectivity index (χ0v) is 10.3. The highest BCUT2D eigenvalue weighted by Gasteiger charge is 2.14. The van der Waals surface area contributed by atoms with Crippen molar-refractivity contribution in [1.82, 2.24) is 0 Å². The Kier molecular flexibility index (Phi) is 4.40. The summed E-state index contributed by atoms with van der Waals surface area (Å²) in [6, 6.07) is 7.65. The number of hydrogen-bond donors (Lipinski definition) is 1. The first-order valence-corrected chi connectivity index (χ1v) is 6.24. The average molecular weight is 236 g/mol. The molecule has 1 atom stereocenters. The van der Waals surface area contributed by atoms with Gasteiger partial charge < -0.3 is 14.6 Å². The van der Waals surface area contributed by atoms with E-state index in [4.69, 9.17) is 9.47 Å². The second-order valence-corrected chi connectivity index (χ2v) is 4.61. The van der Waals surface area contributed by atoms with Crippen LogP contribution in [0.4, 0.5) is 0 Å². The Morgan fingerprint density at radius 2 is 1.94 bits per heavy atom. The third-order valence-corrected chi connectivity index (χ3v) is 3.19. The summed E-state index contributed by atoms with van der Waals surface area (Å²) >= 11 is 0. The van der Waals surface area contributed by atoms with Gasteiger partial charge in [0.05, 0.1) is 12.7 Å². The van der Waals surface area contributed by atoms with E-state index in [1.54, 1.807) is 6.92 Å². The van der Waals surface area contributed by atoms with E-state index >= 15 is 0 Å². The van der Waals surface area contributed by atoms with Crippen molar-refractivity contribution in [2.75, 3.05) is 19.8 Å². The van der Waals surface area contributed by atoms with Crippen LogP contribution in [0.5, 0.6) is 5.75 Å². The minimum atomic E-state index is -0.417. The van der Waals surface area contributed by atoms with Crippen LogP contribution in [0.15, 0.2) is 24.3 Å². The molecule has 1 aliphatic rings. The van der Waals surface area contributed by atoms with Crippen molar-refractivity contribution in [3.8, 4) is 5.75 Å². The van der Waals surface area contributed by atoms with Crippen LogP contribution in [-0.4, -0.2) is 24.9 Å². The highest BCUT2D eigenvalue weighted by atomic mass is 16.5. The van der Waals surface area contributed by atoms with Gasteiger partial charge in [-0.05, 0) is 43.4 Å². The predicted molar refractivity (Wildman–Crippen MR) is 66.1 cm³/mol. The molecule has 1 saturated heterocycles. The maximum Gasteiger partial charge on any atom is 0.119 e. The Hall–Kier alpha value is -1.06. The van der Waals surface area contributed by atoms with Gasteiger partial charge in [-0.3, -0.25) is 0 Å². The van der Waals surface area contributed by atoms with Gasteiger partial charge in [-0.15, -0.1) is 0 Å². The first-order chi connectivity index (χ1) is 8.25. The second kappa shape index (κ2) is 6.03. The van der Waals surface area contributed by atoms with Crippen LogP contribution >= 0.6 is 0 Å². The molecule has 0 spiro atoms. The zero-order valence-electron chi connectivity index (χ0n) is 10.3. The van der Waals surface area contributed by atoms with Crippen molar-refractivity contribution < 1.29 is 14.6 Å². The van der Waals surface area contributed by atoms with E-state index in [0.717, 1.165) is 44.0 Å². The smallest absolute Gasteiger partial charge is 0.119 e. The largest absolute Gasteiger partial charge is 0.493 e. The molecule has 94 valence electrons. The van der Waals surface area contributed by atoms with Gasteiger partial charge in [-0.1, -0.05) is 12.1 Å². The molecule has 0 amide bonds. The lowest BCUT2D eigenvalue weighted by Crippen LogP contribution is -2.21. The Labute approximate surface area is 102 Å². The number of aliphatic hydroxyl groups is 1. The Bertz CT molecular complexity index is 326. The zero-order chi connectivity index (χ0) is 12.1.